The lowest BCUT2D eigenvalue weighted by atomic mass is 10.1. The normalized spacial score (nSPS) is 12.6. The van der Waals surface area contributed by atoms with Crippen LogP contribution in [-0.4, -0.2) is 17.7 Å². The van der Waals surface area contributed by atoms with Crippen LogP contribution in [0.2, 0.25) is 0 Å². The van der Waals surface area contributed by atoms with E-state index in [0.29, 0.717) is 0 Å². The fourth-order valence-corrected chi connectivity index (χ4v) is 1.69. The average Bonchev–Trinajstić information content (AvgIpc) is 2.47. The highest BCUT2D eigenvalue weighted by Gasteiger charge is 2.05. The van der Waals surface area contributed by atoms with Crippen LogP contribution in [0.3, 0.4) is 0 Å². The molecule has 2 rings (SSSR count). The first-order valence-corrected chi connectivity index (χ1v) is 7.03. The summed E-state index contributed by atoms with van der Waals surface area (Å²) in [5.41, 5.74) is 1.91. The van der Waals surface area contributed by atoms with Gasteiger partial charge in [-0.05, 0) is 32.9 Å². The highest BCUT2D eigenvalue weighted by atomic mass is 15.0. The van der Waals surface area contributed by atoms with E-state index in [4.69, 9.17) is 0 Å². The number of hydrogen-bond acceptors (Lipinski definition) is 1. The van der Waals surface area contributed by atoms with Crippen molar-refractivity contribution in [3.63, 3.8) is 0 Å². The summed E-state index contributed by atoms with van der Waals surface area (Å²) < 4.78 is 0. The molecule has 0 aliphatic rings. The molecule has 1 N–H and O–H groups in total. The molecule has 0 radical (unpaired) electrons. The summed E-state index contributed by atoms with van der Waals surface area (Å²) in [5, 5.41) is 3.34. The van der Waals surface area contributed by atoms with Gasteiger partial charge in [-0.2, -0.15) is 0 Å². The van der Waals surface area contributed by atoms with Crippen molar-refractivity contribution >= 4 is 17.9 Å². The highest BCUT2D eigenvalue weighted by molar-refractivity contribution is 6.10. The van der Waals surface area contributed by atoms with Crippen LogP contribution in [0.25, 0.3) is 0 Å². The zero-order valence-electron chi connectivity index (χ0n) is 12.7. The Bertz CT molecular complexity index is 608. The maximum absolute atomic E-state index is 4.49. The Labute approximate surface area is 126 Å². The van der Waals surface area contributed by atoms with Gasteiger partial charge in [0.05, 0.1) is 5.54 Å². The summed E-state index contributed by atoms with van der Waals surface area (Å²) in [7, 11) is 0. The molecule has 3 heteroatoms. The molecule has 21 heavy (non-hydrogen) atoms. The molecule has 0 bridgehead atoms. The van der Waals surface area contributed by atoms with E-state index in [2.05, 4.69) is 15.3 Å². The van der Waals surface area contributed by atoms with E-state index in [0.717, 1.165) is 17.1 Å². The minimum Gasteiger partial charge on any atom is -0.340 e. The predicted molar refractivity (Wildman–Crippen MR) is 91.3 cm³/mol. The van der Waals surface area contributed by atoms with Crippen molar-refractivity contribution in [3.8, 4) is 0 Å². The molecular weight excluding hydrogens is 258 g/mol. The van der Waals surface area contributed by atoms with Gasteiger partial charge in [-0.1, -0.05) is 48.5 Å². The molecule has 3 nitrogen and oxygen atoms in total. The molecule has 2 aromatic rings. The Morgan fingerprint density at radius 3 is 2.05 bits per heavy atom. The van der Waals surface area contributed by atoms with Gasteiger partial charge in [0.25, 0.3) is 0 Å². The second-order valence-corrected chi connectivity index (χ2v) is 5.75. The quantitative estimate of drug-likeness (QED) is 0.657. The number of aliphatic imine (C=N–C) groups is 2. The van der Waals surface area contributed by atoms with Gasteiger partial charge in [-0.3, -0.25) is 4.99 Å². The molecule has 0 aliphatic carbocycles. The third-order valence-electron chi connectivity index (χ3n) is 2.72. The van der Waals surface area contributed by atoms with Gasteiger partial charge in [-0.15, -0.1) is 0 Å². The first kappa shape index (κ1) is 15.0. The van der Waals surface area contributed by atoms with Gasteiger partial charge in [-0.25, -0.2) is 4.99 Å². The molecule has 0 amide bonds. The van der Waals surface area contributed by atoms with Crippen molar-refractivity contribution in [3.05, 3.63) is 66.2 Å². The van der Waals surface area contributed by atoms with Crippen LogP contribution < -0.4 is 5.32 Å². The van der Waals surface area contributed by atoms with Crippen LogP contribution in [0.4, 0.5) is 5.69 Å². The molecule has 2 aromatic carbocycles. The predicted octanol–water partition coefficient (Wildman–Crippen LogP) is 4.37. The maximum atomic E-state index is 4.49. The fourth-order valence-electron chi connectivity index (χ4n) is 1.69. The topological polar surface area (TPSA) is 36.8 Å². The van der Waals surface area contributed by atoms with Gasteiger partial charge >= 0.3 is 0 Å². The third-order valence-corrected chi connectivity index (χ3v) is 2.72. The Kier molecular flexibility index (Phi) is 4.88. The second kappa shape index (κ2) is 6.84. The van der Waals surface area contributed by atoms with Crippen molar-refractivity contribution in [2.75, 3.05) is 5.32 Å². The van der Waals surface area contributed by atoms with Crippen molar-refractivity contribution in [2.45, 2.75) is 26.3 Å². The summed E-state index contributed by atoms with van der Waals surface area (Å²) in [5.74, 6) is 0.787. The number of amidine groups is 1. The Morgan fingerprint density at radius 1 is 0.905 bits per heavy atom. The fraction of sp³-hybridized carbons (Fsp3) is 0.222. The molecule has 0 fully saturated rings. The second-order valence-electron chi connectivity index (χ2n) is 5.75. The standard InChI is InChI=1S/C18H21N3/c1-18(2,3)20-14-19-17(15-10-6-4-7-11-15)21-16-12-8-5-9-13-16/h4-14H,1-3H3,(H,19,20,21). The van der Waals surface area contributed by atoms with Crippen LogP contribution >= 0.6 is 0 Å². The third kappa shape index (κ3) is 5.22. The molecule has 0 unspecified atom stereocenters. The summed E-state index contributed by atoms with van der Waals surface area (Å²) in [6.45, 7) is 6.14. The number of benzene rings is 2. The van der Waals surface area contributed by atoms with Gasteiger partial charge in [0.1, 0.15) is 12.2 Å². The lowest BCUT2D eigenvalue weighted by molar-refractivity contribution is 0.586. The minimum absolute atomic E-state index is 0.127. The van der Waals surface area contributed by atoms with E-state index < -0.39 is 0 Å². The smallest absolute Gasteiger partial charge is 0.139 e. The van der Waals surface area contributed by atoms with Crippen molar-refractivity contribution in [1.29, 1.82) is 0 Å². The molecule has 0 heterocycles. The summed E-state index contributed by atoms with van der Waals surface area (Å²) in [6, 6.07) is 20.1. The van der Waals surface area contributed by atoms with Crippen LogP contribution in [0.1, 0.15) is 26.3 Å². The van der Waals surface area contributed by atoms with E-state index >= 15 is 0 Å². The monoisotopic (exact) mass is 279 g/mol. The minimum atomic E-state index is -0.127. The van der Waals surface area contributed by atoms with Gasteiger partial charge < -0.3 is 5.32 Å². The van der Waals surface area contributed by atoms with Gasteiger partial charge in [0.2, 0.25) is 0 Å². The van der Waals surface area contributed by atoms with Crippen molar-refractivity contribution in [2.24, 2.45) is 9.98 Å². The van der Waals surface area contributed by atoms with Crippen molar-refractivity contribution in [1.82, 2.24) is 0 Å². The van der Waals surface area contributed by atoms with E-state index in [-0.39, 0.29) is 5.54 Å². The summed E-state index contributed by atoms with van der Waals surface area (Å²) >= 11 is 0. The Balaban J connectivity index is 2.27. The molecule has 0 aromatic heterocycles. The van der Waals surface area contributed by atoms with Gasteiger partial charge in [0, 0.05) is 11.3 Å². The first-order valence-electron chi connectivity index (χ1n) is 7.03. The zero-order chi connectivity index (χ0) is 15.1. The van der Waals surface area contributed by atoms with E-state index in [1.54, 1.807) is 6.34 Å². The Hall–Kier alpha value is -2.42. The lowest BCUT2D eigenvalue weighted by Gasteiger charge is -2.11. The maximum Gasteiger partial charge on any atom is 0.139 e. The zero-order valence-corrected chi connectivity index (χ0v) is 12.7. The van der Waals surface area contributed by atoms with Crippen LogP contribution in [-0.2, 0) is 0 Å². The van der Waals surface area contributed by atoms with Gasteiger partial charge in [0.15, 0.2) is 0 Å². The lowest BCUT2D eigenvalue weighted by Crippen LogP contribution is -2.15. The molecule has 0 saturated heterocycles. The number of hydrogen-bond donors (Lipinski definition) is 1. The largest absolute Gasteiger partial charge is 0.340 e. The number of para-hydroxylation sites is 1. The molecular formula is C18H21N3. The molecule has 0 saturated carbocycles. The first-order chi connectivity index (χ1) is 10.0. The number of nitrogens with zero attached hydrogens (tertiary/aromatic N) is 2. The van der Waals surface area contributed by atoms with Crippen LogP contribution in [0.15, 0.2) is 70.6 Å². The number of rotatable bonds is 3. The Morgan fingerprint density at radius 2 is 1.48 bits per heavy atom. The summed E-state index contributed by atoms with van der Waals surface area (Å²) in [4.78, 5) is 8.90. The SMILES string of the molecule is CC(C)(C)N=CN=C(Nc1ccccc1)c1ccccc1. The van der Waals surface area contributed by atoms with Crippen molar-refractivity contribution < 1.29 is 0 Å². The van der Waals surface area contributed by atoms with Crippen LogP contribution in [0, 0.1) is 0 Å². The summed E-state index contributed by atoms with van der Waals surface area (Å²) in [6.07, 6.45) is 1.62. The molecule has 0 spiro atoms. The number of anilines is 1. The highest BCUT2D eigenvalue weighted by Crippen LogP contribution is 2.10. The van der Waals surface area contributed by atoms with E-state index in [1.165, 1.54) is 0 Å². The van der Waals surface area contributed by atoms with Crippen LogP contribution in [0.5, 0.6) is 0 Å². The number of nitrogens with one attached hydrogen (secondary N) is 1. The average molecular weight is 279 g/mol. The molecule has 0 atom stereocenters. The molecule has 0 aliphatic heterocycles. The van der Waals surface area contributed by atoms with E-state index in [9.17, 15) is 0 Å². The van der Waals surface area contributed by atoms with E-state index in [1.807, 2.05) is 81.4 Å². The molecule has 108 valence electrons.